The highest BCUT2D eigenvalue weighted by Gasteiger charge is 2.17. The molecule has 1 aromatic rings. The van der Waals surface area contributed by atoms with Crippen LogP contribution < -0.4 is 9.47 Å². The van der Waals surface area contributed by atoms with Crippen LogP contribution in [0, 0.1) is 11.8 Å². The fraction of sp³-hybridized carbons (Fsp3) is 0.545. The minimum absolute atomic E-state index is 0.174. The van der Waals surface area contributed by atoms with Crippen LogP contribution in [0.1, 0.15) is 40.2 Å². The molecule has 1 rings (SSSR count). The molecule has 0 saturated carbocycles. The van der Waals surface area contributed by atoms with Crippen LogP contribution in [0.4, 0.5) is 0 Å². The van der Waals surface area contributed by atoms with Crippen LogP contribution in [-0.4, -0.2) is 50.2 Å². The monoisotopic (exact) mass is 391 g/mol. The Bertz CT molecular complexity index is 657. The summed E-state index contributed by atoms with van der Waals surface area (Å²) < 4.78 is 15.9. The van der Waals surface area contributed by atoms with Crippen molar-refractivity contribution < 1.29 is 23.8 Å². The first-order chi connectivity index (χ1) is 13.3. The number of esters is 1. The van der Waals surface area contributed by atoms with E-state index in [9.17, 15) is 9.59 Å². The number of ether oxygens (including phenoxy) is 3. The molecule has 0 radical (unpaired) electrons. The van der Waals surface area contributed by atoms with Crippen LogP contribution in [0.5, 0.6) is 11.5 Å². The molecular formula is C22H33NO5. The van der Waals surface area contributed by atoms with Crippen LogP contribution in [-0.2, 0) is 14.3 Å². The fourth-order valence-electron chi connectivity index (χ4n) is 2.66. The second kappa shape index (κ2) is 12.1. The van der Waals surface area contributed by atoms with Crippen molar-refractivity contribution in [2.24, 2.45) is 11.8 Å². The number of hydrogen-bond donors (Lipinski definition) is 0. The molecule has 0 spiro atoms. The standard InChI is InChI=1S/C22H33NO5/c1-7-27-19-10-8-18(12-20(19)26-6)9-11-22(25)28-15-21(24)23(13-16(2)3)14-17(4)5/h8-12,16-17H,7,13-15H2,1-6H3/b11-9+. The highest BCUT2D eigenvalue weighted by Crippen LogP contribution is 2.28. The normalized spacial score (nSPS) is 11.1. The zero-order chi connectivity index (χ0) is 21.1. The molecule has 0 atom stereocenters. The molecule has 0 aliphatic carbocycles. The van der Waals surface area contributed by atoms with Gasteiger partial charge in [0.1, 0.15) is 0 Å². The summed E-state index contributed by atoms with van der Waals surface area (Å²) in [7, 11) is 1.56. The van der Waals surface area contributed by atoms with E-state index in [0.717, 1.165) is 5.56 Å². The van der Waals surface area contributed by atoms with E-state index >= 15 is 0 Å². The van der Waals surface area contributed by atoms with Gasteiger partial charge in [0, 0.05) is 19.2 Å². The predicted molar refractivity (Wildman–Crippen MR) is 110 cm³/mol. The topological polar surface area (TPSA) is 65.1 Å². The van der Waals surface area contributed by atoms with Crippen LogP contribution in [0.2, 0.25) is 0 Å². The van der Waals surface area contributed by atoms with Crippen molar-refractivity contribution in [2.45, 2.75) is 34.6 Å². The highest BCUT2D eigenvalue weighted by molar-refractivity contribution is 5.89. The summed E-state index contributed by atoms with van der Waals surface area (Å²) in [6.45, 7) is 11.7. The Morgan fingerprint density at radius 3 is 2.25 bits per heavy atom. The number of carbonyl (C=O) groups excluding carboxylic acids is 2. The van der Waals surface area contributed by atoms with E-state index in [0.29, 0.717) is 43.0 Å². The summed E-state index contributed by atoms with van der Waals surface area (Å²) in [5.41, 5.74) is 0.768. The molecule has 1 aromatic carbocycles. The average molecular weight is 392 g/mol. The van der Waals surface area contributed by atoms with E-state index in [-0.39, 0.29) is 12.5 Å². The lowest BCUT2D eigenvalue weighted by Gasteiger charge is -2.26. The summed E-state index contributed by atoms with van der Waals surface area (Å²) >= 11 is 0. The van der Waals surface area contributed by atoms with Crippen molar-refractivity contribution in [3.05, 3.63) is 29.8 Å². The molecule has 0 bridgehead atoms. The van der Waals surface area contributed by atoms with E-state index < -0.39 is 5.97 Å². The van der Waals surface area contributed by atoms with Crippen LogP contribution >= 0.6 is 0 Å². The SMILES string of the molecule is CCOc1ccc(/C=C/C(=O)OCC(=O)N(CC(C)C)CC(C)C)cc1OC. The van der Waals surface area contributed by atoms with Gasteiger partial charge < -0.3 is 19.1 Å². The smallest absolute Gasteiger partial charge is 0.331 e. The minimum atomic E-state index is -0.560. The number of rotatable bonds is 11. The molecule has 0 fully saturated rings. The maximum Gasteiger partial charge on any atom is 0.331 e. The lowest BCUT2D eigenvalue weighted by atomic mass is 10.1. The van der Waals surface area contributed by atoms with Crippen molar-refractivity contribution in [3.63, 3.8) is 0 Å². The van der Waals surface area contributed by atoms with Crippen molar-refractivity contribution >= 4 is 18.0 Å². The summed E-state index contributed by atoms with van der Waals surface area (Å²) in [5.74, 6) is 1.21. The Morgan fingerprint density at radius 2 is 1.71 bits per heavy atom. The second-order valence-electron chi connectivity index (χ2n) is 7.37. The van der Waals surface area contributed by atoms with Crippen LogP contribution in [0.15, 0.2) is 24.3 Å². The molecule has 0 heterocycles. The van der Waals surface area contributed by atoms with Crippen molar-refractivity contribution in [2.75, 3.05) is 33.4 Å². The molecule has 156 valence electrons. The Kier molecular flexibility index (Phi) is 10.1. The molecule has 0 aliphatic heterocycles. The fourth-order valence-corrected chi connectivity index (χ4v) is 2.66. The first kappa shape index (κ1) is 23.5. The maximum atomic E-state index is 12.4. The summed E-state index contributed by atoms with van der Waals surface area (Å²) in [6, 6.07) is 5.37. The molecule has 6 nitrogen and oxygen atoms in total. The molecular weight excluding hydrogens is 358 g/mol. The molecule has 6 heteroatoms. The van der Waals surface area contributed by atoms with Crippen LogP contribution in [0.25, 0.3) is 6.08 Å². The van der Waals surface area contributed by atoms with Crippen LogP contribution in [0.3, 0.4) is 0 Å². The van der Waals surface area contributed by atoms with Gasteiger partial charge in [-0.2, -0.15) is 0 Å². The number of methoxy groups -OCH3 is 1. The quantitative estimate of drug-likeness (QED) is 0.424. The van der Waals surface area contributed by atoms with E-state index in [1.165, 1.54) is 6.08 Å². The maximum absolute atomic E-state index is 12.4. The van der Waals surface area contributed by atoms with Gasteiger partial charge in [-0.15, -0.1) is 0 Å². The summed E-state index contributed by atoms with van der Waals surface area (Å²) in [5, 5.41) is 0. The third kappa shape index (κ3) is 8.46. The van der Waals surface area contributed by atoms with Gasteiger partial charge in [0.2, 0.25) is 0 Å². The molecule has 0 N–H and O–H groups in total. The molecule has 0 saturated heterocycles. The largest absolute Gasteiger partial charge is 0.493 e. The Hall–Kier alpha value is -2.50. The molecule has 1 amide bonds. The van der Waals surface area contributed by atoms with E-state index in [1.807, 2.05) is 13.0 Å². The minimum Gasteiger partial charge on any atom is -0.493 e. The zero-order valence-electron chi connectivity index (χ0n) is 17.9. The van der Waals surface area contributed by atoms with Crippen molar-refractivity contribution in [1.29, 1.82) is 0 Å². The molecule has 0 aromatic heterocycles. The van der Waals surface area contributed by atoms with Crippen molar-refractivity contribution in [3.8, 4) is 11.5 Å². The Balaban J connectivity index is 2.64. The average Bonchev–Trinajstić information content (AvgIpc) is 2.64. The van der Waals surface area contributed by atoms with Gasteiger partial charge in [-0.3, -0.25) is 4.79 Å². The third-order valence-corrected chi connectivity index (χ3v) is 3.76. The zero-order valence-corrected chi connectivity index (χ0v) is 17.9. The van der Waals surface area contributed by atoms with Crippen molar-refractivity contribution in [1.82, 2.24) is 4.90 Å². The highest BCUT2D eigenvalue weighted by atomic mass is 16.5. The molecule has 0 unspecified atom stereocenters. The lowest BCUT2D eigenvalue weighted by Crippen LogP contribution is -2.39. The predicted octanol–water partition coefficient (Wildman–Crippen LogP) is 3.79. The Labute approximate surface area is 168 Å². The first-order valence-corrected chi connectivity index (χ1v) is 9.70. The van der Waals surface area contributed by atoms with Gasteiger partial charge in [-0.25, -0.2) is 4.79 Å². The first-order valence-electron chi connectivity index (χ1n) is 9.70. The number of amides is 1. The summed E-state index contributed by atoms with van der Waals surface area (Å²) in [4.78, 5) is 26.1. The second-order valence-corrected chi connectivity index (χ2v) is 7.37. The third-order valence-electron chi connectivity index (χ3n) is 3.76. The van der Waals surface area contributed by atoms with Gasteiger partial charge in [-0.1, -0.05) is 33.8 Å². The van der Waals surface area contributed by atoms with Gasteiger partial charge in [0.25, 0.3) is 5.91 Å². The number of benzene rings is 1. The van der Waals surface area contributed by atoms with E-state index in [1.54, 1.807) is 30.2 Å². The van der Waals surface area contributed by atoms with E-state index in [4.69, 9.17) is 14.2 Å². The Morgan fingerprint density at radius 1 is 1.07 bits per heavy atom. The number of nitrogens with zero attached hydrogens (tertiary/aromatic N) is 1. The van der Waals surface area contributed by atoms with Gasteiger partial charge >= 0.3 is 5.97 Å². The molecule has 28 heavy (non-hydrogen) atoms. The van der Waals surface area contributed by atoms with Gasteiger partial charge in [0.15, 0.2) is 18.1 Å². The number of hydrogen-bond acceptors (Lipinski definition) is 5. The number of carbonyl (C=O) groups is 2. The lowest BCUT2D eigenvalue weighted by molar-refractivity contribution is -0.148. The van der Waals surface area contributed by atoms with Gasteiger partial charge in [-0.05, 0) is 42.5 Å². The summed E-state index contributed by atoms with van der Waals surface area (Å²) in [6.07, 6.45) is 2.92. The van der Waals surface area contributed by atoms with Gasteiger partial charge in [0.05, 0.1) is 13.7 Å². The molecule has 0 aliphatic rings. The van der Waals surface area contributed by atoms with E-state index in [2.05, 4.69) is 27.7 Å².